The van der Waals surface area contributed by atoms with Crippen LogP contribution in [0.1, 0.15) is 26.7 Å². The molecule has 0 aromatic rings. The number of hydrogen-bond donors (Lipinski definition) is 0. The van der Waals surface area contributed by atoms with E-state index in [9.17, 15) is 9.59 Å². The minimum Gasteiger partial charge on any atom is -0.463 e. The first-order valence-corrected chi connectivity index (χ1v) is 11.5. The molecule has 0 radical (unpaired) electrons. The number of rotatable bonds is 4. The van der Waals surface area contributed by atoms with Gasteiger partial charge in [0.15, 0.2) is 0 Å². The summed E-state index contributed by atoms with van der Waals surface area (Å²) in [6.45, 7) is 4.59. The van der Waals surface area contributed by atoms with Gasteiger partial charge < -0.3 is 14.2 Å². The topological polar surface area (TPSA) is 65.1 Å². The molecule has 0 amide bonds. The normalized spacial score (nSPS) is 56.2. The van der Waals surface area contributed by atoms with Crippen molar-refractivity contribution in [1.29, 1.82) is 0 Å². The largest absolute Gasteiger partial charge is 0.463 e. The van der Waals surface area contributed by atoms with Gasteiger partial charge in [-0.15, -0.1) is 0 Å². The van der Waals surface area contributed by atoms with Crippen LogP contribution in [-0.4, -0.2) is 37.4 Å². The van der Waals surface area contributed by atoms with Gasteiger partial charge in [-0.1, -0.05) is 11.1 Å². The van der Waals surface area contributed by atoms with Crippen molar-refractivity contribution < 1.29 is 23.8 Å². The van der Waals surface area contributed by atoms with Crippen molar-refractivity contribution in [1.82, 2.24) is 0 Å². The summed E-state index contributed by atoms with van der Waals surface area (Å²) in [4.78, 5) is 24.5. The molecule has 6 aliphatic carbocycles. The van der Waals surface area contributed by atoms with E-state index >= 15 is 0 Å². The van der Waals surface area contributed by atoms with Crippen LogP contribution < -0.4 is 0 Å². The molecule has 0 spiro atoms. The van der Waals surface area contributed by atoms with Gasteiger partial charge in [0, 0.05) is 12.2 Å². The molecular formula is C24H28O5. The lowest BCUT2D eigenvalue weighted by Gasteiger charge is -2.25. The van der Waals surface area contributed by atoms with Gasteiger partial charge in [0.2, 0.25) is 0 Å². The highest BCUT2D eigenvalue weighted by Gasteiger charge is 2.83. The van der Waals surface area contributed by atoms with Crippen molar-refractivity contribution >= 4 is 11.9 Å². The summed E-state index contributed by atoms with van der Waals surface area (Å²) >= 11 is 0. The zero-order valence-electron chi connectivity index (χ0n) is 17.0. The Labute approximate surface area is 170 Å². The Morgan fingerprint density at radius 1 is 0.793 bits per heavy atom. The average Bonchev–Trinajstić information content (AvgIpc) is 3.08. The highest BCUT2D eigenvalue weighted by Crippen LogP contribution is 2.83. The van der Waals surface area contributed by atoms with Gasteiger partial charge in [0.05, 0.1) is 25.4 Å². The van der Waals surface area contributed by atoms with Gasteiger partial charge in [0.25, 0.3) is 0 Å². The van der Waals surface area contributed by atoms with Crippen molar-refractivity contribution in [2.75, 3.05) is 13.2 Å². The summed E-state index contributed by atoms with van der Waals surface area (Å²) < 4.78 is 16.7. The Morgan fingerprint density at radius 2 is 1.24 bits per heavy atom. The van der Waals surface area contributed by atoms with Crippen LogP contribution in [0.5, 0.6) is 0 Å². The third-order valence-corrected chi connectivity index (χ3v) is 9.72. The summed E-state index contributed by atoms with van der Waals surface area (Å²) in [6, 6.07) is 0. The molecule has 5 heteroatoms. The van der Waals surface area contributed by atoms with Crippen molar-refractivity contribution in [2.45, 2.75) is 38.9 Å². The van der Waals surface area contributed by atoms with Crippen LogP contribution in [0.4, 0.5) is 0 Å². The fourth-order valence-corrected chi connectivity index (χ4v) is 9.65. The minimum atomic E-state index is -0.175. The Balaban J connectivity index is 1.30. The number of hydrogen-bond acceptors (Lipinski definition) is 5. The number of epoxide rings is 1. The van der Waals surface area contributed by atoms with Gasteiger partial charge in [-0.2, -0.15) is 0 Å². The second kappa shape index (κ2) is 5.54. The first-order chi connectivity index (χ1) is 14.1. The number of esters is 2. The second-order valence-electron chi connectivity index (χ2n) is 10.3. The summed E-state index contributed by atoms with van der Waals surface area (Å²) in [5, 5.41) is 0. The smallest absolute Gasteiger partial charge is 0.330 e. The molecule has 0 aromatic heterocycles. The highest BCUT2D eigenvalue weighted by molar-refractivity contribution is 5.83. The van der Waals surface area contributed by atoms with Crippen molar-refractivity contribution in [3.8, 4) is 0 Å². The highest BCUT2D eigenvalue weighted by atomic mass is 16.6. The maximum atomic E-state index is 12.3. The van der Waals surface area contributed by atoms with Crippen LogP contribution in [0.3, 0.4) is 0 Å². The maximum absolute atomic E-state index is 12.3. The third-order valence-electron chi connectivity index (χ3n) is 9.72. The third kappa shape index (κ3) is 1.92. The van der Waals surface area contributed by atoms with E-state index < -0.39 is 0 Å². The maximum Gasteiger partial charge on any atom is 0.330 e. The average molecular weight is 396 g/mol. The van der Waals surface area contributed by atoms with E-state index in [0.29, 0.717) is 60.9 Å². The Kier molecular flexibility index (Phi) is 3.27. The van der Waals surface area contributed by atoms with Crippen LogP contribution in [0.2, 0.25) is 0 Å². The molecule has 12 atom stereocenters. The van der Waals surface area contributed by atoms with Gasteiger partial charge in [-0.25, -0.2) is 9.59 Å². The SMILES string of the molecule is CCOC(=O)/C=C1\C[C@H]2[C@H]3C/C(=C\C(=O)OCC)[C@H]4[C@@H]3C3C5[C@@H]([C@@H]6O[C@@H]6[C@H]54)[C@@H]1[C@H]32. The van der Waals surface area contributed by atoms with Crippen LogP contribution in [-0.2, 0) is 23.8 Å². The molecular weight excluding hydrogens is 368 g/mol. The first-order valence-electron chi connectivity index (χ1n) is 11.5. The molecule has 2 unspecified atom stereocenters. The summed E-state index contributed by atoms with van der Waals surface area (Å²) in [6.07, 6.45) is 6.50. The van der Waals surface area contributed by atoms with E-state index in [-0.39, 0.29) is 11.9 Å². The summed E-state index contributed by atoms with van der Waals surface area (Å²) in [5.74, 6) is 6.15. The van der Waals surface area contributed by atoms with Crippen molar-refractivity contribution in [3.05, 3.63) is 23.3 Å². The molecule has 0 N–H and O–H groups in total. The lowest BCUT2D eigenvalue weighted by molar-refractivity contribution is -0.138. The van der Waals surface area contributed by atoms with Crippen LogP contribution in [0.25, 0.3) is 0 Å². The fraction of sp³-hybridized carbons (Fsp3) is 0.750. The molecule has 1 aliphatic heterocycles. The Morgan fingerprint density at radius 3 is 1.69 bits per heavy atom. The number of fused-ring (bicyclic) bond motifs is 6. The summed E-state index contributed by atoms with van der Waals surface area (Å²) in [7, 11) is 0. The molecule has 0 bridgehead atoms. The lowest BCUT2D eigenvalue weighted by atomic mass is 9.81. The Hall–Kier alpha value is -1.62. The molecule has 6 saturated carbocycles. The van der Waals surface area contributed by atoms with Crippen molar-refractivity contribution in [3.63, 3.8) is 0 Å². The monoisotopic (exact) mass is 396 g/mol. The van der Waals surface area contributed by atoms with E-state index in [1.165, 1.54) is 11.1 Å². The van der Waals surface area contributed by atoms with Crippen LogP contribution in [0, 0.1) is 59.2 Å². The number of carbonyl (C=O) groups excluding carboxylic acids is 2. The van der Waals surface area contributed by atoms with Crippen molar-refractivity contribution in [2.24, 2.45) is 59.2 Å². The molecule has 0 aromatic carbocycles. The van der Waals surface area contributed by atoms with Gasteiger partial charge in [-0.05, 0) is 85.9 Å². The predicted molar refractivity (Wildman–Crippen MR) is 102 cm³/mol. The number of ether oxygens (including phenoxy) is 3. The van der Waals surface area contributed by atoms with Crippen LogP contribution >= 0.6 is 0 Å². The standard InChI is InChI=1S/C24H28O5/c1-3-27-13(25)7-9-5-11-12-6-10(8-14(26)28-4-2)16-18(12)19-17(11)15(9)21-20(19)22(16)24-23(21)29-24/h7-8,11-12,15-24H,3-6H2,1-2H3/b9-7+,10-8+/t11-,12+,15-,16-,17+,18+,19?,20?,21-,22-,23-,24+/m0/s1. The van der Waals surface area contributed by atoms with Gasteiger partial charge in [-0.3, -0.25) is 0 Å². The molecule has 1 saturated heterocycles. The molecule has 29 heavy (non-hydrogen) atoms. The lowest BCUT2D eigenvalue weighted by Crippen LogP contribution is -2.24. The molecule has 7 fully saturated rings. The minimum absolute atomic E-state index is 0.175. The number of allylic oxidation sites excluding steroid dienone is 2. The second-order valence-corrected chi connectivity index (χ2v) is 10.3. The van der Waals surface area contributed by atoms with E-state index in [1.54, 1.807) is 0 Å². The quantitative estimate of drug-likeness (QED) is 0.415. The number of carbonyl (C=O) groups is 2. The molecule has 5 nitrogen and oxygen atoms in total. The molecule has 7 aliphatic rings. The van der Waals surface area contributed by atoms with Crippen LogP contribution in [0.15, 0.2) is 23.3 Å². The Bertz CT molecular complexity index is 804. The summed E-state index contributed by atoms with van der Waals surface area (Å²) in [5.41, 5.74) is 2.68. The molecule has 154 valence electrons. The predicted octanol–water partition coefficient (Wildman–Crippen LogP) is 2.76. The zero-order chi connectivity index (χ0) is 19.6. The fourth-order valence-electron chi connectivity index (χ4n) is 9.65. The van der Waals surface area contributed by atoms with E-state index in [4.69, 9.17) is 14.2 Å². The molecule has 1 heterocycles. The van der Waals surface area contributed by atoms with E-state index in [2.05, 4.69) is 0 Å². The van der Waals surface area contributed by atoms with E-state index in [0.717, 1.165) is 36.5 Å². The zero-order valence-corrected chi connectivity index (χ0v) is 17.0. The van der Waals surface area contributed by atoms with E-state index in [1.807, 2.05) is 26.0 Å². The van der Waals surface area contributed by atoms with Gasteiger partial charge >= 0.3 is 11.9 Å². The first kappa shape index (κ1) is 17.1. The molecule has 7 rings (SSSR count). The van der Waals surface area contributed by atoms with Gasteiger partial charge in [0.1, 0.15) is 0 Å².